The Hall–Kier alpha value is -3.47. The van der Waals surface area contributed by atoms with Crippen molar-refractivity contribution < 1.29 is 22.8 Å². The molecule has 3 fully saturated rings. The number of fused-ring (bicyclic) bond motifs is 1. The van der Waals surface area contributed by atoms with Crippen LogP contribution in [0.5, 0.6) is 0 Å². The van der Waals surface area contributed by atoms with Gasteiger partial charge in [-0.05, 0) is 84.8 Å². The van der Waals surface area contributed by atoms with Crippen LogP contribution in [0, 0.1) is 11.7 Å². The minimum Gasteiger partial charge on any atom is -0.368 e. The number of nitrogens with zero attached hydrogens (tertiary/aromatic N) is 3. The molecule has 6 rings (SSSR count). The zero-order valence-electron chi connectivity index (χ0n) is 22.1. The van der Waals surface area contributed by atoms with Crippen molar-refractivity contribution in [3.8, 4) is 11.1 Å². The predicted molar refractivity (Wildman–Crippen MR) is 151 cm³/mol. The lowest BCUT2D eigenvalue weighted by atomic mass is 10.0. The average molecular weight is 565 g/mol. The van der Waals surface area contributed by atoms with Crippen LogP contribution in [0.25, 0.3) is 11.1 Å². The predicted octanol–water partition coefficient (Wildman–Crippen LogP) is 4.26. The van der Waals surface area contributed by atoms with Gasteiger partial charge in [-0.1, -0.05) is 30.7 Å². The first-order valence-electron chi connectivity index (χ1n) is 13.8. The summed E-state index contributed by atoms with van der Waals surface area (Å²) in [7, 11) is -3.91. The van der Waals surface area contributed by atoms with Gasteiger partial charge in [0.15, 0.2) is 0 Å². The van der Waals surface area contributed by atoms with E-state index in [4.69, 9.17) is 0 Å². The number of hydrogen-bond acceptors (Lipinski definition) is 6. The molecule has 2 aliphatic heterocycles. The number of carbonyl (C=O) groups is 1. The SMILES string of the molecule is O=C(NO)[C@H]1C[C@H]2CCC[C@H]2N1S(=O)(=O)c1ccc(-c2ccc(N3CCN(c4ccc(F)cc4)CC3)cc2)cc1. The fourth-order valence-corrected chi connectivity index (χ4v) is 8.45. The second-order valence-electron chi connectivity index (χ2n) is 10.8. The van der Waals surface area contributed by atoms with Crippen molar-refractivity contribution in [3.05, 3.63) is 78.6 Å². The molecule has 0 aromatic heterocycles. The van der Waals surface area contributed by atoms with E-state index in [9.17, 15) is 22.8 Å². The number of anilines is 2. The van der Waals surface area contributed by atoms with E-state index >= 15 is 0 Å². The number of benzene rings is 3. The zero-order valence-corrected chi connectivity index (χ0v) is 22.9. The number of amides is 1. The summed E-state index contributed by atoms with van der Waals surface area (Å²) in [5, 5.41) is 9.21. The third-order valence-electron chi connectivity index (χ3n) is 8.66. The van der Waals surface area contributed by atoms with Crippen LogP contribution >= 0.6 is 0 Å². The van der Waals surface area contributed by atoms with E-state index < -0.39 is 22.0 Å². The minimum atomic E-state index is -3.91. The van der Waals surface area contributed by atoms with Crippen molar-refractivity contribution in [1.82, 2.24) is 9.79 Å². The lowest BCUT2D eigenvalue weighted by Gasteiger charge is -2.37. The van der Waals surface area contributed by atoms with Crippen molar-refractivity contribution in [1.29, 1.82) is 0 Å². The number of hydrogen-bond donors (Lipinski definition) is 2. The van der Waals surface area contributed by atoms with E-state index in [0.29, 0.717) is 6.42 Å². The summed E-state index contributed by atoms with van der Waals surface area (Å²) >= 11 is 0. The largest absolute Gasteiger partial charge is 0.368 e. The molecular formula is C30H33FN4O4S. The molecule has 2 N–H and O–H groups in total. The van der Waals surface area contributed by atoms with Gasteiger partial charge in [-0.25, -0.2) is 18.3 Å². The molecule has 0 radical (unpaired) electrons. The van der Waals surface area contributed by atoms with Gasteiger partial charge in [-0.15, -0.1) is 0 Å². The molecule has 40 heavy (non-hydrogen) atoms. The Bertz CT molecular complexity index is 1460. The van der Waals surface area contributed by atoms with Crippen molar-refractivity contribution in [2.24, 2.45) is 5.92 Å². The van der Waals surface area contributed by atoms with Crippen LogP contribution in [-0.4, -0.2) is 62.1 Å². The van der Waals surface area contributed by atoms with Crippen molar-refractivity contribution >= 4 is 27.3 Å². The maximum absolute atomic E-state index is 13.6. The van der Waals surface area contributed by atoms with Gasteiger partial charge in [-0.3, -0.25) is 10.0 Å². The van der Waals surface area contributed by atoms with Crippen LogP contribution in [0.2, 0.25) is 0 Å². The van der Waals surface area contributed by atoms with Crippen LogP contribution < -0.4 is 15.3 Å². The molecule has 2 heterocycles. The van der Waals surface area contributed by atoms with E-state index in [1.165, 1.54) is 16.4 Å². The van der Waals surface area contributed by atoms with Crippen LogP contribution in [0.4, 0.5) is 15.8 Å². The fourth-order valence-electron chi connectivity index (χ4n) is 6.57. The monoisotopic (exact) mass is 564 g/mol. The minimum absolute atomic E-state index is 0.140. The quantitative estimate of drug-likeness (QED) is 0.344. The molecule has 10 heteroatoms. The molecule has 0 bridgehead atoms. The topological polar surface area (TPSA) is 93.2 Å². The second kappa shape index (κ2) is 10.8. The lowest BCUT2D eigenvalue weighted by Crippen LogP contribution is -2.48. The first-order valence-corrected chi connectivity index (χ1v) is 15.2. The number of carbonyl (C=O) groups excluding carboxylic acids is 1. The van der Waals surface area contributed by atoms with Crippen molar-refractivity contribution in [2.75, 3.05) is 36.0 Å². The fraction of sp³-hybridized carbons (Fsp3) is 0.367. The van der Waals surface area contributed by atoms with Gasteiger partial charge in [-0.2, -0.15) is 4.31 Å². The Kier molecular flexibility index (Phi) is 7.24. The van der Waals surface area contributed by atoms with Gasteiger partial charge in [0.05, 0.1) is 4.90 Å². The van der Waals surface area contributed by atoms with Gasteiger partial charge >= 0.3 is 0 Å². The summed E-state index contributed by atoms with van der Waals surface area (Å²) < 4.78 is 41.9. The number of rotatable bonds is 6. The smallest absolute Gasteiger partial charge is 0.261 e. The number of piperazine rings is 1. The zero-order chi connectivity index (χ0) is 27.9. The van der Waals surface area contributed by atoms with Gasteiger partial charge in [0, 0.05) is 43.6 Å². The van der Waals surface area contributed by atoms with Crippen LogP contribution in [0.3, 0.4) is 0 Å². The Morgan fingerprint density at radius 3 is 1.88 bits per heavy atom. The van der Waals surface area contributed by atoms with Crippen LogP contribution in [0.15, 0.2) is 77.7 Å². The van der Waals surface area contributed by atoms with E-state index in [1.54, 1.807) is 29.7 Å². The Balaban J connectivity index is 1.14. The summed E-state index contributed by atoms with van der Waals surface area (Å²) in [6.07, 6.45) is 2.99. The van der Waals surface area contributed by atoms with Gasteiger partial charge in [0.1, 0.15) is 11.9 Å². The molecule has 1 saturated carbocycles. The highest BCUT2D eigenvalue weighted by molar-refractivity contribution is 7.89. The highest BCUT2D eigenvalue weighted by Crippen LogP contribution is 2.44. The molecule has 0 spiro atoms. The maximum Gasteiger partial charge on any atom is 0.261 e. The third-order valence-corrected chi connectivity index (χ3v) is 10.6. The Morgan fingerprint density at radius 1 is 0.800 bits per heavy atom. The van der Waals surface area contributed by atoms with Crippen molar-refractivity contribution in [3.63, 3.8) is 0 Å². The van der Waals surface area contributed by atoms with E-state index in [-0.39, 0.29) is 22.7 Å². The summed E-state index contributed by atoms with van der Waals surface area (Å²) in [6.45, 7) is 3.42. The van der Waals surface area contributed by atoms with E-state index in [2.05, 4.69) is 21.9 Å². The third kappa shape index (κ3) is 4.95. The summed E-state index contributed by atoms with van der Waals surface area (Å²) in [6, 6.07) is 20.5. The molecule has 3 aromatic carbocycles. The van der Waals surface area contributed by atoms with Crippen LogP contribution in [-0.2, 0) is 14.8 Å². The second-order valence-corrected chi connectivity index (χ2v) is 12.7. The van der Waals surface area contributed by atoms with Gasteiger partial charge < -0.3 is 9.80 Å². The number of nitrogens with one attached hydrogen (secondary N) is 1. The molecule has 1 amide bonds. The highest BCUT2D eigenvalue weighted by Gasteiger charge is 2.52. The number of sulfonamides is 1. The molecule has 3 aliphatic rings. The summed E-state index contributed by atoms with van der Waals surface area (Å²) in [5.74, 6) is -0.763. The number of halogens is 1. The van der Waals surface area contributed by atoms with Gasteiger partial charge in [0.25, 0.3) is 5.91 Å². The van der Waals surface area contributed by atoms with Crippen molar-refractivity contribution in [2.45, 2.75) is 42.7 Å². The molecule has 2 saturated heterocycles. The normalized spacial score (nSPS) is 23.3. The molecule has 8 nitrogen and oxygen atoms in total. The average Bonchev–Trinajstić information content (AvgIpc) is 3.59. The summed E-state index contributed by atoms with van der Waals surface area (Å²) in [4.78, 5) is 17.1. The molecule has 3 aromatic rings. The first-order chi connectivity index (χ1) is 19.3. The maximum atomic E-state index is 13.6. The Labute approximate surface area is 234 Å². The molecule has 0 unspecified atom stereocenters. The molecule has 210 valence electrons. The Morgan fingerprint density at radius 2 is 1.32 bits per heavy atom. The number of hydroxylamine groups is 1. The molecule has 3 atom stereocenters. The lowest BCUT2D eigenvalue weighted by molar-refractivity contribution is -0.132. The molecular weight excluding hydrogens is 531 g/mol. The molecule has 1 aliphatic carbocycles. The van der Waals surface area contributed by atoms with E-state index in [1.807, 2.05) is 24.3 Å². The highest BCUT2D eigenvalue weighted by atomic mass is 32.2. The van der Waals surface area contributed by atoms with Crippen LogP contribution in [0.1, 0.15) is 25.7 Å². The standard InChI is InChI=1S/C30H33FN4O4S/c31-24-8-12-26(13-9-24)34-18-16-33(17-19-34)25-10-4-21(5-11-25)22-6-14-27(15-7-22)40(38,39)35-28-3-1-2-23(28)20-29(35)30(36)32-37/h4-15,23,28-29,37H,1-3,16-20H2,(H,32,36)/t23-,28-,29-/m1/s1. The van der Waals surface area contributed by atoms with E-state index in [0.717, 1.165) is 67.9 Å². The first kappa shape index (κ1) is 26.7. The summed E-state index contributed by atoms with van der Waals surface area (Å²) in [5.41, 5.74) is 5.68. The van der Waals surface area contributed by atoms with Gasteiger partial charge in [0.2, 0.25) is 10.0 Å².